The van der Waals surface area contributed by atoms with Crippen LogP contribution in [0.3, 0.4) is 0 Å². The van der Waals surface area contributed by atoms with Gasteiger partial charge in [0, 0.05) is 13.0 Å². The lowest BCUT2D eigenvalue weighted by Gasteiger charge is -2.38. The molecule has 1 aromatic carbocycles. The van der Waals surface area contributed by atoms with Crippen molar-refractivity contribution in [2.45, 2.75) is 69.0 Å². The summed E-state index contributed by atoms with van der Waals surface area (Å²) in [6.07, 6.45) is -3.79. The van der Waals surface area contributed by atoms with Crippen LogP contribution in [0.5, 0.6) is 5.75 Å². The van der Waals surface area contributed by atoms with Crippen LogP contribution in [0.2, 0.25) is 0 Å². The minimum atomic E-state index is -1.38. The molecule has 0 bridgehead atoms. The van der Waals surface area contributed by atoms with E-state index in [1.807, 2.05) is 0 Å². The van der Waals surface area contributed by atoms with Gasteiger partial charge in [-0.2, -0.15) is 0 Å². The first-order valence-corrected chi connectivity index (χ1v) is 9.91. The number of benzene rings is 1. The third kappa shape index (κ3) is 3.83. The number of fused-ring (bicyclic) bond motifs is 1. The number of hydrogen-bond donors (Lipinski definition) is 4. The van der Waals surface area contributed by atoms with Gasteiger partial charge in [-0.05, 0) is 37.5 Å². The molecule has 4 N–H and O–H groups in total. The van der Waals surface area contributed by atoms with Gasteiger partial charge in [-0.15, -0.1) is 0 Å². The SMILES string of the molecule is C[C@@H]1O[C@@H](Oc2ccc(C[C@H]3NC(=O)[C@@H]4CCCN4C3=O)cc2)[C@H](O)[C@H](O)[C@H]1O. The van der Waals surface area contributed by atoms with E-state index in [4.69, 9.17) is 9.47 Å². The van der Waals surface area contributed by atoms with Gasteiger partial charge in [0.25, 0.3) is 0 Å². The maximum Gasteiger partial charge on any atom is 0.246 e. The van der Waals surface area contributed by atoms with E-state index in [9.17, 15) is 24.9 Å². The second-order valence-electron chi connectivity index (χ2n) is 7.90. The highest BCUT2D eigenvalue weighted by Crippen LogP contribution is 2.26. The van der Waals surface area contributed by atoms with Crippen molar-refractivity contribution in [3.8, 4) is 5.75 Å². The molecule has 0 aromatic heterocycles. The lowest BCUT2D eigenvalue weighted by Crippen LogP contribution is -2.61. The topological polar surface area (TPSA) is 129 Å². The monoisotopic (exact) mass is 406 g/mol. The van der Waals surface area contributed by atoms with E-state index in [2.05, 4.69) is 5.32 Å². The Labute approximate surface area is 168 Å². The molecule has 1 aromatic rings. The predicted octanol–water partition coefficient (Wildman–Crippen LogP) is -1.08. The van der Waals surface area contributed by atoms with Gasteiger partial charge in [0.1, 0.15) is 36.1 Å². The molecule has 2 amide bonds. The average Bonchev–Trinajstić information content (AvgIpc) is 3.20. The predicted molar refractivity (Wildman–Crippen MR) is 99.8 cm³/mol. The quantitative estimate of drug-likeness (QED) is 0.501. The van der Waals surface area contributed by atoms with Crippen molar-refractivity contribution >= 4 is 11.8 Å². The number of carbonyl (C=O) groups is 2. The lowest BCUT2D eigenvalue weighted by atomic mass is 10.00. The second kappa shape index (κ2) is 7.91. The molecule has 7 atom stereocenters. The van der Waals surface area contributed by atoms with Crippen LogP contribution in [0.15, 0.2) is 24.3 Å². The molecule has 3 saturated heterocycles. The number of carbonyl (C=O) groups excluding carboxylic acids is 2. The minimum Gasteiger partial charge on any atom is -0.462 e. The van der Waals surface area contributed by atoms with Crippen LogP contribution in [0.1, 0.15) is 25.3 Å². The first-order chi connectivity index (χ1) is 13.8. The van der Waals surface area contributed by atoms with Gasteiger partial charge < -0.3 is 35.0 Å². The molecule has 0 saturated carbocycles. The number of hydrogen-bond acceptors (Lipinski definition) is 7. The molecule has 4 rings (SSSR count). The Balaban J connectivity index is 1.38. The maximum atomic E-state index is 12.6. The molecule has 9 heteroatoms. The molecule has 3 aliphatic rings. The van der Waals surface area contributed by atoms with Gasteiger partial charge in [-0.25, -0.2) is 0 Å². The summed E-state index contributed by atoms with van der Waals surface area (Å²) in [6, 6.07) is 5.98. The summed E-state index contributed by atoms with van der Waals surface area (Å²) < 4.78 is 11.0. The summed E-state index contributed by atoms with van der Waals surface area (Å²) in [6.45, 7) is 2.21. The summed E-state index contributed by atoms with van der Waals surface area (Å²) in [4.78, 5) is 26.5. The highest BCUT2D eigenvalue weighted by Gasteiger charge is 2.44. The Morgan fingerprint density at radius 3 is 2.59 bits per heavy atom. The molecule has 3 fully saturated rings. The van der Waals surface area contributed by atoms with E-state index in [1.54, 1.807) is 36.1 Å². The molecule has 9 nitrogen and oxygen atoms in total. The largest absolute Gasteiger partial charge is 0.462 e. The number of amides is 2. The molecule has 0 unspecified atom stereocenters. The van der Waals surface area contributed by atoms with Crippen LogP contribution < -0.4 is 10.1 Å². The van der Waals surface area contributed by atoms with Crippen molar-refractivity contribution < 1.29 is 34.4 Å². The molecule has 0 spiro atoms. The fraction of sp³-hybridized carbons (Fsp3) is 0.600. The third-order valence-electron chi connectivity index (χ3n) is 5.88. The van der Waals surface area contributed by atoms with Crippen LogP contribution in [-0.4, -0.2) is 81.4 Å². The second-order valence-corrected chi connectivity index (χ2v) is 7.90. The molecule has 3 heterocycles. The summed E-state index contributed by atoms with van der Waals surface area (Å²) in [5.74, 6) is 0.269. The molecule has 158 valence electrons. The van der Waals surface area contributed by atoms with Crippen LogP contribution in [-0.2, 0) is 20.7 Å². The van der Waals surface area contributed by atoms with Crippen LogP contribution in [0, 0.1) is 0 Å². The Hall–Kier alpha value is -2.20. The lowest BCUT2D eigenvalue weighted by molar-refractivity contribution is -0.268. The van der Waals surface area contributed by atoms with Crippen LogP contribution >= 0.6 is 0 Å². The van der Waals surface area contributed by atoms with E-state index in [0.717, 1.165) is 18.4 Å². The fourth-order valence-electron chi connectivity index (χ4n) is 4.16. The van der Waals surface area contributed by atoms with Gasteiger partial charge in [-0.3, -0.25) is 9.59 Å². The molecule has 0 radical (unpaired) electrons. The Kier molecular flexibility index (Phi) is 5.48. The van der Waals surface area contributed by atoms with Gasteiger partial charge in [0.15, 0.2) is 0 Å². The summed E-state index contributed by atoms with van der Waals surface area (Å²) in [5, 5.41) is 32.5. The van der Waals surface area contributed by atoms with E-state index in [-0.39, 0.29) is 17.9 Å². The average molecular weight is 406 g/mol. The number of aliphatic hydroxyl groups is 3. The van der Waals surface area contributed by atoms with Crippen molar-refractivity contribution in [1.29, 1.82) is 0 Å². The number of ether oxygens (including phenoxy) is 2. The molecule has 29 heavy (non-hydrogen) atoms. The fourth-order valence-corrected chi connectivity index (χ4v) is 4.16. The first-order valence-electron chi connectivity index (χ1n) is 9.91. The minimum absolute atomic E-state index is 0.0484. The highest BCUT2D eigenvalue weighted by atomic mass is 16.7. The first kappa shape index (κ1) is 20.1. The van der Waals surface area contributed by atoms with Gasteiger partial charge >= 0.3 is 0 Å². The zero-order valence-electron chi connectivity index (χ0n) is 16.1. The van der Waals surface area contributed by atoms with Crippen molar-refractivity contribution in [1.82, 2.24) is 10.2 Å². The summed E-state index contributed by atoms with van der Waals surface area (Å²) in [7, 11) is 0. The normalized spacial score (nSPS) is 37.2. The van der Waals surface area contributed by atoms with Gasteiger partial charge in [-0.1, -0.05) is 12.1 Å². The van der Waals surface area contributed by atoms with E-state index >= 15 is 0 Å². The zero-order chi connectivity index (χ0) is 20.7. The molecule has 3 aliphatic heterocycles. The summed E-state index contributed by atoms with van der Waals surface area (Å²) in [5.41, 5.74) is 0.850. The number of rotatable bonds is 4. The van der Waals surface area contributed by atoms with Crippen molar-refractivity contribution in [3.63, 3.8) is 0 Å². The standard InChI is InChI=1S/C20H26N2O7/c1-10-15(23)16(24)17(25)20(28-10)29-12-6-4-11(5-7-12)9-13-19(27)22-8-2-3-14(22)18(26)21-13/h4-7,10,13-17,20,23-25H,2-3,8-9H2,1H3,(H,21,26)/t10-,13+,14-,15-,16+,17+,20-/m0/s1. The Morgan fingerprint density at radius 1 is 1.14 bits per heavy atom. The van der Waals surface area contributed by atoms with Crippen LogP contribution in [0.4, 0.5) is 0 Å². The third-order valence-corrected chi connectivity index (χ3v) is 5.88. The van der Waals surface area contributed by atoms with Crippen molar-refractivity contribution in [2.75, 3.05) is 6.54 Å². The van der Waals surface area contributed by atoms with E-state index < -0.39 is 36.7 Å². The summed E-state index contributed by atoms with van der Waals surface area (Å²) >= 11 is 0. The number of piperazine rings is 1. The maximum absolute atomic E-state index is 12.6. The van der Waals surface area contributed by atoms with E-state index in [0.29, 0.717) is 18.7 Å². The molecule has 0 aliphatic carbocycles. The highest BCUT2D eigenvalue weighted by molar-refractivity contribution is 5.97. The van der Waals surface area contributed by atoms with Crippen molar-refractivity contribution in [2.24, 2.45) is 0 Å². The smallest absolute Gasteiger partial charge is 0.246 e. The van der Waals surface area contributed by atoms with Crippen LogP contribution in [0.25, 0.3) is 0 Å². The van der Waals surface area contributed by atoms with Gasteiger partial charge in [0.05, 0.1) is 6.10 Å². The van der Waals surface area contributed by atoms with Crippen molar-refractivity contribution in [3.05, 3.63) is 29.8 Å². The number of nitrogens with zero attached hydrogens (tertiary/aromatic N) is 1. The molecular formula is C20H26N2O7. The van der Waals surface area contributed by atoms with Gasteiger partial charge in [0.2, 0.25) is 18.1 Å². The number of aliphatic hydroxyl groups excluding tert-OH is 3. The number of nitrogens with one attached hydrogen (secondary N) is 1. The zero-order valence-corrected chi connectivity index (χ0v) is 16.1. The molecular weight excluding hydrogens is 380 g/mol. The Bertz CT molecular complexity index is 771. The van der Waals surface area contributed by atoms with E-state index in [1.165, 1.54) is 0 Å². The Morgan fingerprint density at radius 2 is 1.86 bits per heavy atom.